The number of cyclic esters (lactones) is 1. The van der Waals surface area contributed by atoms with E-state index in [0.29, 0.717) is 18.6 Å². The zero-order valence-electron chi connectivity index (χ0n) is 14.1. The van der Waals surface area contributed by atoms with E-state index in [2.05, 4.69) is 6.92 Å². The van der Waals surface area contributed by atoms with Gasteiger partial charge in [-0.2, -0.15) is 0 Å². The van der Waals surface area contributed by atoms with Crippen LogP contribution in [0.3, 0.4) is 0 Å². The Morgan fingerprint density at radius 3 is 2.70 bits per heavy atom. The van der Waals surface area contributed by atoms with Crippen molar-refractivity contribution in [3.63, 3.8) is 0 Å². The van der Waals surface area contributed by atoms with Gasteiger partial charge in [-0.25, -0.2) is 0 Å². The van der Waals surface area contributed by atoms with E-state index in [9.17, 15) is 9.59 Å². The smallest absolute Gasteiger partial charge is 0.323 e. The third-order valence-corrected chi connectivity index (χ3v) is 4.89. The summed E-state index contributed by atoms with van der Waals surface area (Å²) in [5.41, 5.74) is 4.14. The van der Waals surface area contributed by atoms with Crippen molar-refractivity contribution in [3.05, 3.63) is 0 Å². The molecule has 6 nitrogen and oxygen atoms in total. The van der Waals surface area contributed by atoms with Gasteiger partial charge in [0.2, 0.25) is 0 Å². The van der Waals surface area contributed by atoms with E-state index in [-0.39, 0.29) is 11.8 Å². The van der Waals surface area contributed by atoms with Crippen LogP contribution in [0.2, 0.25) is 0 Å². The average molecular weight is 344 g/mol. The Kier molecular flexibility index (Phi) is 8.44. The van der Waals surface area contributed by atoms with Gasteiger partial charge in [-0.15, -0.1) is 0 Å². The molecule has 0 aromatic rings. The molecule has 0 bridgehead atoms. The topological polar surface area (TPSA) is 102 Å². The van der Waals surface area contributed by atoms with Crippen LogP contribution in [0.4, 0.5) is 0 Å². The van der Waals surface area contributed by atoms with E-state index in [1.165, 1.54) is 0 Å². The largest absolute Gasteiger partial charge is 0.465 e. The first-order valence-corrected chi connectivity index (χ1v) is 9.30. The van der Waals surface area contributed by atoms with Crippen LogP contribution in [0, 0.1) is 10.8 Å². The van der Waals surface area contributed by atoms with Gasteiger partial charge in [0, 0.05) is 12.2 Å². The zero-order valence-corrected chi connectivity index (χ0v) is 14.9. The van der Waals surface area contributed by atoms with E-state index < -0.39 is 23.5 Å². The quantitative estimate of drug-likeness (QED) is 0.208. The molecule has 1 aliphatic rings. The van der Waals surface area contributed by atoms with Crippen molar-refractivity contribution >= 4 is 28.9 Å². The number of hydrogen-bond acceptors (Lipinski definition) is 6. The molecule has 1 rings (SSSR count). The fourth-order valence-corrected chi connectivity index (χ4v) is 3.38. The Balaban J connectivity index is 2.69. The molecule has 1 saturated heterocycles. The van der Waals surface area contributed by atoms with Crippen LogP contribution >= 0.6 is 11.8 Å². The highest BCUT2D eigenvalue weighted by molar-refractivity contribution is 8.13. The zero-order chi connectivity index (χ0) is 17.3. The number of amidine groups is 1. The second kappa shape index (κ2) is 9.80. The average Bonchev–Trinajstić information content (AvgIpc) is 2.82. The Morgan fingerprint density at radius 2 is 2.09 bits per heavy atom. The maximum Gasteiger partial charge on any atom is 0.323 e. The Hall–Kier alpha value is -1.24. The molecular weight excluding hydrogens is 316 g/mol. The lowest BCUT2D eigenvalue weighted by Crippen LogP contribution is -2.37. The molecule has 7 heteroatoms. The first-order valence-electron chi connectivity index (χ1n) is 8.31. The van der Waals surface area contributed by atoms with Crippen LogP contribution < -0.4 is 5.73 Å². The number of unbranched alkanes of at least 4 members (excludes halogenated alkanes) is 4. The fraction of sp³-hybridized carbons (Fsp3) is 0.812. The van der Waals surface area contributed by atoms with Gasteiger partial charge in [0.1, 0.15) is 6.10 Å². The number of hydrogen-bond donors (Lipinski definition) is 2. The predicted octanol–water partition coefficient (Wildman–Crippen LogP) is 2.84. The van der Waals surface area contributed by atoms with Crippen molar-refractivity contribution in [2.24, 2.45) is 11.1 Å². The Labute approximate surface area is 142 Å². The summed E-state index contributed by atoms with van der Waals surface area (Å²) in [7, 11) is 0. The van der Waals surface area contributed by atoms with Gasteiger partial charge in [0.25, 0.3) is 0 Å². The van der Waals surface area contributed by atoms with E-state index in [1.54, 1.807) is 6.92 Å². The molecule has 0 amide bonds. The molecule has 1 fully saturated rings. The molecule has 0 aliphatic carbocycles. The summed E-state index contributed by atoms with van der Waals surface area (Å²) in [6.07, 6.45) is 5.61. The van der Waals surface area contributed by atoms with Gasteiger partial charge in [-0.3, -0.25) is 15.0 Å². The second-order valence-corrected chi connectivity index (χ2v) is 6.94. The third-order valence-electron chi connectivity index (χ3n) is 4.04. The van der Waals surface area contributed by atoms with Gasteiger partial charge >= 0.3 is 11.9 Å². The van der Waals surface area contributed by atoms with E-state index >= 15 is 0 Å². The number of rotatable bonds is 10. The summed E-state index contributed by atoms with van der Waals surface area (Å²) in [5.74, 6) is -0.561. The van der Waals surface area contributed by atoms with E-state index in [0.717, 1.165) is 43.9 Å². The highest BCUT2D eigenvalue weighted by atomic mass is 32.2. The molecule has 2 atom stereocenters. The first-order chi connectivity index (χ1) is 11.0. The predicted molar refractivity (Wildman–Crippen MR) is 91.3 cm³/mol. The summed E-state index contributed by atoms with van der Waals surface area (Å²) in [6.45, 7) is 4.12. The summed E-state index contributed by atoms with van der Waals surface area (Å²) in [4.78, 5) is 24.8. The molecule has 0 spiro atoms. The first kappa shape index (κ1) is 19.8. The maximum absolute atomic E-state index is 12.4. The summed E-state index contributed by atoms with van der Waals surface area (Å²) in [6, 6.07) is 0. The molecule has 132 valence electrons. The van der Waals surface area contributed by atoms with Crippen LogP contribution in [0.1, 0.15) is 58.8 Å². The maximum atomic E-state index is 12.4. The molecule has 0 radical (unpaired) electrons. The molecule has 23 heavy (non-hydrogen) atoms. The molecule has 0 aromatic carbocycles. The van der Waals surface area contributed by atoms with Crippen LogP contribution in [0.25, 0.3) is 0 Å². The van der Waals surface area contributed by atoms with Crippen LogP contribution in [-0.2, 0) is 19.1 Å². The molecule has 3 N–H and O–H groups in total. The van der Waals surface area contributed by atoms with Crippen LogP contribution in [-0.4, -0.2) is 35.6 Å². The standard InChI is InChI=1S/C16H28N2O4S/c1-3-5-6-7-8-9-16(13(19)21-4-2)10-12(22-14(16)20)11-23-15(17)18/h12H,3-11H2,1-2H3,(H3,17,18). The number of ether oxygens (including phenoxy) is 2. The van der Waals surface area contributed by atoms with Gasteiger partial charge in [0.15, 0.2) is 10.6 Å². The molecule has 0 aromatic heterocycles. The molecule has 0 saturated carbocycles. The van der Waals surface area contributed by atoms with Crippen molar-refractivity contribution in [1.29, 1.82) is 5.41 Å². The fourth-order valence-electron chi connectivity index (χ4n) is 2.83. The van der Waals surface area contributed by atoms with Crippen LogP contribution in [0.5, 0.6) is 0 Å². The van der Waals surface area contributed by atoms with Gasteiger partial charge in [0.05, 0.1) is 6.61 Å². The van der Waals surface area contributed by atoms with Crippen molar-refractivity contribution in [2.75, 3.05) is 12.4 Å². The number of carbonyl (C=O) groups is 2. The van der Waals surface area contributed by atoms with Crippen molar-refractivity contribution in [1.82, 2.24) is 0 Å². The number of thioether (sulfide) groups is 1. The second-order valence-electron chi connectivity index (χ2n) is 5.87. The monoisotopic (exact) mass is 344 g/mol. The van der Waals surface area contributed by atoms with E-state index in [1.807, 2.05) is 0 Å². The van der Waals surface area contributed by atoms with E-state index in [4.69, 9.17) is 20.6 Å². The lowest BCUT2D eigenvalue weighted by atomic mass is 9.79. The minimum atomic E-state index is -1.18. The van der Waals surface area contributed by atoms with Crippen molar-refractivity contribution in [2.45, 2.75) is 64.9 Å². The number of nitrogens with two attached hydrogens (primary N) is 1. The minimum Gasteiger partial charge on any atom is -0.465 e. The molecule has 1 heterocycles. The Bertz CT molecular complexity index is 430. The van der Waals surface area contributed by atoms with Crippen LogP contribution in [0.15, 0.2) is 0 Å². The van der Waals surface area contributed by atoms with Crippen molar-refractivity contribution < 1.29 is 19.1 Å². The summed E-state index contributed by atoms with van der Waals surface area (Å²) < 4.78 is 10.5. The third kappa shape index (κ3) is 5.71. The van der Waals surface area contributed by atoms with Gasteiger partial charge in [-0.05, 0) is 13.3 Å². The number of carbonyl (C=O) groups excluding carboxylic acids is 2. The highest BCUT2D eigenvalue weighted by Gasteiger charge is 2.55. The van der Waals surface area contributed by atoms with Crippen molar-refractivity contribution in [3.8, 4) is 0 Å². The molecule has 1 aliphatic heterocycles. The highest BCUT2D eigenvalue weighted by Crippen LogP contribution is 2.41. The Morgan fingerprint density at radius 1 is 1.39 bits per heavy atom. The summed E-state index contributed by atoms with van der Waals surface area (Å²) >= 11 is 1.12. The lowest BCUT2D eigenvalue weighted by molar-refractivity contribution is -0.165. The summed E-state index contributed by atoms with van der Waals surface area (Å²) in [5, 5.41) is 7.22. The van der Waals surface area contributed by atoms with Gasteiger partial charge < -0.3 is 15.2 Å². The molecular formula is C16H28N2O4S. The normalized spacial score (nSPS) is 23.6. The minimum absolute atomic E-state index is 0.0192. The van der Waals surface area contributed by atoms with Gasteiger partial charge in [-0.1, -0.05) is 50.8 Å². The lowest BCUT2D eigenvalue weighted by Gasteiger charge is -2.22. The number of esters is 2. The molecule has 2 unspecified atom stereocenters. The number of nitrogens with one attached hydrogen (secondary N) is 1. The SMILES string of the molecule is CCCCCCCC1(C(=O)OCC)CC(CSC(=N)N)OC1=O.